The number of hydrogen-bond acceptors (Lipinski definition) is 9. The number of benzene rings is 2. The van der Waals surface area contributed by atoms with Crippen LogP contribution in [0.1, 0.15) is 221 Å². The summed E-state index contributed by atoms with van der Waals surface area (Å²) in [5.74, 6) is -9.19. The van der Waals surface area contributed by atoms with E-state index in [1.165, 1.54) is 51.7 Å². The minimum atomic E-state index is -3.22. The van der Waals surface area contributed by atoms with Crippen LogP contribution in [0, 0.1) is 35.8 Å². The molecular formula is C67H97BF8N7O4. The Hall–Kier alpha value is -5.34. The first-order valence-electron chi connectivity index (χ1n) is 31.5. The fourth-order valence-corrected chi connectivity index (χ4v) is 11.9. The van der Waals surface area contributed by atoms with Gasteiger partial charge in [-0.25, -0.2) is 36.3 Å². The Morgan fingerprint density at radius 1 is 0.885 bits per heavy atom. The molecule has 483 valence electrons. The minimum Gasteiger partial charge on any atom is -0.385 e. The molecule has 0 spiro atoms. The normalized spacial score (nSPS) is 18.3. The fraction of sp³-hybridized carbons (Fsp3) is 0.642. The van der Waals surface area contributed by atoms with Crippen molar-refractivity contribution in [3.63, 3.8) is 0 Å². The topological polar surface area (TPSA) is 128 Å². The van der Waals surface area contributed by atoms with Gasteiger partial charge in [0.05, 0.1) is 29.8 Å². The van der Waals surface area contributed by atoms with Gasteiger partial charge in [0.2, 0.25) is 5.92 Å². The lowest BCUT2D eigenvalue weighted by atomic mass is 9.84. The number of aromatic nitrogens is 5. The third-order valence-corrected chi connectivity index (χ3v) is 15.9. The number of rotatable bonds is 21. The summed E-state index contributed by atoms with van der Waals surface area (Å²) in [6, 6.07) is 9.36. The molecule has 87 heavy (non-hydrogen) atoms. The number of fused-ring (bicyclic) bond motifs is 2. The van der Waals surface area contributed by atoms with Crippen molar-refractivity contribution in [2.24, 2.45) is 11.8 Å². The molecule has 1 aliphatic heterocycles. The van der Waals surface area contributed by atoms with Crippen LogP contribution in [0.25, 0.3) is 16.7 Å². The van der Waals surface area contributed by atoms with Crippen molar-refractivity contribution in [3.05, 3.63) is 115 Å². The van der Waals surface area contributed by atoms with E-state index in [4.69, 9.17) is 24.9 Å². The second-order valence-electron chi connectivity index (χ2n) is 23.9. The lowest BCUT2D eigenvalue weighted by Crippen LogP contribution is -2.45. The van der Waals surface area contributed by atoms with Gasteiger partial charge in [0.25, 0.3) is 17.9 Å². The zero-order valence-electron chi connectivity index (χ0n) is 54.4. The molecule has 4 atom stereocenters. The van der Waals surface area contributed by atoms with Crippen LogP contribution in [0.2, 0.25) is 13.6 Å². The van der Waals surface area contributed by atoms with Crippen molar-refractivity contribution in [1.82, 2.24) is 29.2 Å². The molecule has 0 amide bonds. The van der Waals surface area contributed by atoms with Crippen molar-refractivity contribution in [3.8, 4) is 5.69 Å². The van der Waals surface area contributed by atoms with Crippen LogP contribution >= 0.6 is 0 Å². The summed E-state index contributed by atoms with van der Waals surface area (Å²) < 4.78 is 125. The number of methoxy groups -OCH3 is 1. The summed E-state index contributed by atoms with van der Waals surface area (Å²) in [7, 11) is 3.76. The Bertz CT molecular complexity index is 3030. The summed E-state index contributed by atoms with van der Waals surface area (Å²) >= 11 is 0. The largest absolute Gasteiger partial charge is 0.385 e. The smallest absolute Gasteiger partial charge is 0.292 e. The number of nitrogens with zero attached hydrogens (tertiary/aromatic N) is 6. The van der Waals surface area contributed by atoms with Gasteiger partial charge in [0, 0.05) is 92.5 Å². The highest BCUT2D eigenvalue weighted by molar-refractivity contribution is 6.31. The highest BCUT2D eigenvalue weighted by Crippen LogP contribution is 2.48. The third-order valence-electron chi connectivity index (χ3n) is 15.9. The maximum atomic E-state index is 15.5. The van der Waals surface area contributed by atoms with Gasteiger partial charge in [-0.3, -0.25) is 23.7 Å². The van der Waals surface area contributed by atoms with E-state index in [2.05, 4.69) is 23.8 Å². The summed E-state index contributed by atoms with van der Waals surface area (Å²) in [5.41, 5.74) is 4.26. The maximum Gasteiger partial charge on any atom is 0.292 e. The van der Waals surface area contributed by atoms with Gasteiger partial charge in [-0.1, -0.05) is 107 Å². The predicted octanol–water partition coefficient (Wildman–Crippen LogP) is 17.1. The Kier molecular flexibility index (Phi) is 29.5. The zero-order chi connectivity index (χ0) is 65.1. The molecule has 20 heteroatoms. The number of carbonyl (C=O) groups excluding carboxylic acids is 1. The highest BCUT2D eigenvalue weighted by atomic mass is 19.3. The SMILES string of the molecule is CC.CC(=O)Cn1nc(C(F)F)c2c1C(F)(F)C(C)C2.CCCC(=N)c1c(CCC)ccc(-n2c(C(Cc3cc(F)cc(F)c3)C(C)C)nc3nc(C4CCC(F)(F)CC4)cc(CN4CC(C)OC(C)C4)c3c2=O)c1C.CCCCCCOC.C[B]C. The first-order chi connectivity index (χ1) is 41.2. The maximum absolute atomic E-state index is 15.5. The second kappa shape index (κ2) is 34.6. The standard InChI is InChI=1S/C45H57F4N5O2.C11H12F4N2O.C7H16O.C2H6B.C2H6/c1-8-10-32-12-13-39(29(7)40(32)37(50)11-9-2)54-43(36(26(3)4)20-30-18-34(46)22-35(47)19-30)52-42-41(44(54)55)33(25-53-23-27(5)56-28(6)24-53)21-38(51-42)31-14-16-45(48,49)17-15-31;1-5-3-7-8(10(12)13)16-17(4-6(2)18)9(7)11(5,14)15;1-3-4-5-6-7-8-2;1-3-2;1-2/h12-13,18-19,21-22,26-28,31,36,50H,8-11,14-17,20,23-25H2,1-7H3;5,10H,3-4H2,1-2H3;3-7H2,1-2H3;1-2H3;1-2H3. The Labute approximate surface area is 512 Å². The number of halogens is 8. The molecule has 1 N–H and O–H groups in total. The van der Waals surface area contributed by atoms with Gasteiger partial charge in [-0.15, -0.1) is 0 Å². The van der Waals surface area contributed by atoms with Crippen LogP contribution in [0.15, 0.2) is 41.2 Å². The molecule has 11 nitrogen and oxygen atoms in total. The summed E-state index contributed by atoms with van der Waals surface area (Å²) in [4.78, 5) is 39.1. The average molecular weight is 1230 g/mol. The second-order valence-corrected chi connectivity index (χ2v) is 23.9. The number of pyridine rings is 1. The Balaban J connectivity index is 0.000000426. The lowest BCUT2D eigenvalue weighted by Gasteiger charge is -2.35. The van der Waals surface area contributed by atoms with E-state index in [-0.39, 0.29) is 79.3 Å². The Morgan fingerprint density at radius 3 is 2.05 bits per heavy atom. The molecule has 2 aromatic carbocycles. The number of aryl methyl sites for hydroxylation is 1. The number of ether oxygens (including phenoxy) is 2. The minimum absolute atomic E-state index is 0.0195. The van der Waals surface area contributed by atoms with Crippen LogP contribution in [-0.2, 0) is 52.5 Å². The van der Waals surface area contributed by atoms with E-state index in [9.17, 15) is 39.9 Å². The van der Waals surface area contributed by atoms with Gasteiger partial charge in [0.15, 0.2) is 11.4 Å². The van der Waals surface area contributed by atoms with Gasteiger partial charge >= 0.3 is 0 Å². The van der Waals surface area contributed by atoms with Gasteiger partial charge in [0.1, 0.15) is 36.1 Å². The van der Waals surface area contributed by atoms with Gasteiger partial charge < -0.3 is 14.9 Å². The molecule has 0 bridgehead atoms. The van der Waals surface area contributed by atoms with E-state index in [0.717, 1.165) is 58.9 Å². The van der Waals surface area contributed by atoms with E-state index < -0.39 is 65.5 Å². The molecule has 3 aromatic heterocycles. The van der Waals surface area contributed by atoms with Crippen LogP contribution in [0.4, 0.5) is 35.1 Å². The number of ketones is 1. The molecule has 4 heterocycles. The lowest BCUT2D eigenvalue weighted by molar-refractivity contribution is -0.118. The molecule has 8 rings (SSSR count). The van der Waals surface area contributed by atoms with Crippen molar-refractivity contribution in [1.29, 1.82) is 5.41 Å². The first-order valence-corrected chi connectivity index (χ1v) is 31.5. The molecule has 1 saturated heterocycles. The van der Waals surface area contributed by atoms with Crippen molar-refractivity contribution < 1.29 is 49.4 Å². The van der Waals surface area contributed by atoms with Crippen molar-refractivity contribution in [2.75, 3.05) is 26.8 Å². The summed E-state index contributed by atoms with van der Waals surface area (Å²) in [6.07, 6.45) is 5.46. The quantitative estimate of drug-likeness (QED) is 0.0333. The van der Waals surface area contributed by atoms with Crippen molar-refractivity contribution in [2.45, 2.75) is 242 Å². The van der Waals surface area contributed by atoms with Gasteiger partial charge in [-0.2, -0.15) is 13.9 Å². The number of carbonyl (C=O) groups is 1. The molecule has 3 aliphatic rings. The monoisotopic (exact) mass is 1230 g/mol. The third kappa shape index (κ3) is 19.8. The first kappa shape index (κ1) is 74.1. The zero-order valence-corrected chi connectivity index (χ0v) is 54.4. The molecular weight excluding hydrogens is 1130 g/mol. The van der Waals surface area contributed by atoms with Crippen LogP contribution in [-0.4, -0.2) is 92.9 Å². The summed E-state index contributed by atoms with van der Waals surface area (Å²) in [5, 5.41) is 13.0. The van der Waals surface area contributed by atoms with Crippen molar-refractivity contribution >= 4 is 29.8 Å². The predicted molar refractivity (Wildman–Crippen MR) is 334 cm³/mol. The fourth-order valence-electron chi connectivity index (χ4n) is 11.9. The number of nitrogens with one attached hydrogen (secondary N) is 1. The molecule has 5 aromatic rings. The van der Waals surface area contributed by atoms with Crippen LogP contribution in [0.5, 0.6) is 0 Å². The average Bonchev–Trinajstić information content (AvgIpc) is 1.75. The molecule has 1 saturated carbocycles. The molecule has 4 unspecified atom stereocenters. The molecule has 1 radical (unpaired) electrons. The molecule has 2 fully saturated rings. The van der Waals surface area contributed by atoms with E-state index in [1.807, 2.05) is 94.5 Å². The Morgan fingerprint density at radius 2 is 1.51 bits per heavy atom. The van der Waals surface area contributed by atoms with Crippen LogP contribution < -0.4 is 5.56 Å². The van der Waals surface area contributed by atoms with E-state index in [0.29, 0.717) is 59.9 Å². The van der Waals surface area contributed by atoms with E-state index in [1.54, 1.807) is 11.7 Å². The van der Waals surface area contributed by atoms with Crippen LogP contribution in [0.3, 0.4) is 0 Å². The number of hydrogen-bond donors (Lipinski definition) is 1. The number of unbranched alkanes of at least 4 members (excludes halogenated alkanes) is 3. The van der Waals surface area contributed by atoms with Gasteiger partial charge in [-0.05, 0) is 125 Å². The number of morpholine rings is 1. The molecule has 2 aliphatic carbocycles. The number of alkyl halides is 6. The number of Topliss-reactive ketones (excluding diaryl/α,β-unsaturated/α-hetero) is 1. The summed E-state index contributed by atoms with van der Waals surface area (Å²) in [6.45, 7) is 29.1. The van der Waals surface area contributed by atoms with E-state index >= 15 is 4.79 Å². The highest BCUT2D eigenvalue weighted by Gasteiger charge is 2.51.